The fraction of sp³-hybridized carbons (Fsp3) is 0.545. The van der Waals surface area contributed by atoms with E-state index in [-0.39, 0.29) is 5.41 Å². The van der Waals surface area contributed by atoms with Gasteiger partial charge in [-0.2, -0.15) is 0 Å². The van der Waals surface area contributed by atoms with Gasteiger partial charge < -0.3 is 0 Å². The van der Waals surface area contributed by atoms with E-state index in [1.807, 2.05) is 13.0 Å². The Hall–Kier alpha value is -0.340. The molecular weight excluding hydrogens is 214 g/mol. The van der Waals surface area contributed by atoms with Gasteiger partial charge in [0.15, 0.2) is 0 Å². The molecule has 0 spiro atoms. The van der Waals surface area contributed by atoms with Crippen LogP contribution in [0.1, 0.15) is 38.4 Å². The molecule has 0 fully saturated rings. The molecule has 0 aliphatic rings. The van der Waals surface area contributed by atoms with Crippen molar-refractivity contribution < 1.29 is 0 Å². The number of rotatable bonds is 2. The maximum absolute atomic E-state index is 5.71. The van der Waals surface area contributed by atoms with Crippen LogP contribution >= 0.6 is 22.9 Å². The fourth-order valence-corrected chi connectivity index (χ4v) is 1.93. The maximum atomic E-state index is 5.71. The molecule has 14 heavy (non-hydrogen) atoms. The second-order valence-corrected chi connectivity index (χ2v) is 5.58. The minimum absolute atomic E-state index is 0.144. The van der Waals surface area contributed by atoms with Gasteiger partial charge >= 0.3 is 0 Å². The Labute approximate surface area is 94.8 Å². The molecule has 1 aromatic heterocycles. The van der Waals surface area contributed by atoms with Crippen molar-refractivity contribution in [3.8, 4) is 0 Å². The van der Waals surface area contributed by atoms with E-state index in [1.54, 1.807) is 11.3 Å². The largest absolute Gasteiger partial charge is 0.241 e. The van der Waals surface area contributed by atoms with Crippen LogP contribution in [0.15, 0.2) is 11.0 Å². The lowest BCUT2D eigenvalue weighted by atomic mass is 9.98. The summed E-state index contributed by atoms with van der Waals surface area (Å²) in [5.41, 5.74) is 2.32. The highest BCUT2D eigenvalue weighted by Gasteiger charge is 2.17. The third-order valence-electron chi connectivity index (χ3n) is 1.77. The zero-order chi connectivity index (χ0) is 10.8. The van der Waals surface area contributed by atoms with Crippen molar-refractivity contribution in [2.75, 3.05) is 5.88 Å². The number of thiazole rings is 1. The molecule has 3 heteroatoms. The molecule has 0 unspecified atom stereocenters. The lowest BCUT2D eigenvalue weighted by Gasteiger charge is -2.13. The van der Waals surface area contributed by atoms with Gasteiger partial charge in [-0.05, 0) is 13.0 Å². The Bertz CT molecular complexity index is 333. The van der Waals surface area contributed by atoms with Gasteiger partial charge in [0.25, 0.3) is 0 Å². The molecule has 0 radical (unpaired) electrons. The van der Waals surface area contributed by atoms with Crippen molar-refractivity contribution in [1.29, 1.82) is 0 Å². The van der Waals surface area contributed by atoms with Gasteiger partial charge in [0.2, 0.25) is 0 Å². The van der Waals surface area contributed by atoms with Crippen LogP contribution in [0.3, 0.4) is 0 Å². The van der Waals surface area contributed by atoms with Crippen LogP contribution in [0.5, 0.6) is 0 Å². The summed E-state index contributed by atoms with van der Waals surface area (Å²) in [6.45, 7) is 8.54. The molecule has 0 aromatic carbocycles. The third kappa shape index (κ3) is 3.10. The highest BCUT2D eigenvalue weighted by molar-refractivity contribution is 7.09. The Morgan fingerprint density at radius 3 is 2.64 bits per heavy atom. The van der Waals surface area contributed by atoms with E-state index in [2.05, 4.69) is 31.1 Å². The van der Waals surface area contributed by atoms with Crippen LogP contribution in [0, 0.1) is 0 Å². The van der Waals surface area contributed by atoms with Crippen LogP contribution < -0.4 is 0 Å². The monoisotopic (exact) mass is 229 g/mol. The molecule has 0 N–H and O–H groups in total. The van der Waals surface area contributed by atoms with E-state index in [0.717, 1.165) is 11.3 Å². The molecule has 0 saturated heterocycles. The van der Waals surface area contributed by atoms with E-state index in [0.29, 0.717) is 5.88 Å². The summed E-state index contributed by atoms with van der Waals surface area (Å²) in [6, 6.07) is 0. The average molecular weight is 230 g/mol. The number of aromatic nitrogens is 1. The number of hydrogen-bond donors (Lipinski definition) is 0. The normalized spacial score (nSPS) is 13.4. The first kappa shape index (κ1) is 11.7. The second kappa shape index (κ2) is 4.45. The highest BCUT2D eigenvalue weighted by Crippen LogP contribution is 2.26. The molecule has 0 amide bonds. The van der Waals surface area contributed by atoms with Gasteiger partial charge in [0.05, 0.1) is 10.7 Å². The van der Waals surface area contributed by atoms with E-state index in [1.165, 1.54) is 5.01 Å². The zero-order valence-corrected chi connectivity index (χ0v) is 10.7. The molecule has 78 valence electrons. The topological polar surface area (TPSA) is 12.9 Å². The summed E-state index contributed by atoms with van der Waals surface area (Å²) in [5, 5.41) is 3.25. The van der Waals surface area contributed by atoms with Crippen molar-refractivity contribution in [3.63, 3.8) is 0 Å². The molecule has 1 rings (SSSR count). The first-order valence-corrected chi connectivity index (χ1v) is 6.04. The number of halogens is 1. The van der Waals surface area contributed by atoms with Crippen LogP contribution in [-0.4, -0.2) is 10.9 Å². The predicted molar refractivity (Wildman–Crippen MR) is 65.2 cm³/mol. The average Bonchev–Trinajstić information content (AvgIpc) is 2.51. The number of nitrogens with zero attached hydrogens (tertiary/aromatic N) is 1. The van der Waals surface area contributed by atoms with Crippen LogP contribution in [-0.2, 0) is 5.41 Å². The van der Waals surface area contributed by atoms with Gasteiger partial charge in [-0.25, -0.2) is 4.98 Å². The van der Waals surface area contributed by atoms with Crippen LogP contribution in [0.4, 0.5) is 0 Å². The van der Waals surface area contributed by atoms with Gasteiger partial charge in [-0.15, -0.1) is 22.9 Å². The quantitative estimate of drug-likeness (QED) is 0.697. The number of allylic oxidation sites excluding steroid dienone is 1. The lowest BCUT2D eigenvalue weighted by Crippen LogP contribution is -2.10. The van der Waals surface area contributed by atoms with Crippen molar-refractivity contribution in [1.82, 2.24) is 4.98 Å². The first-order valence-electron chi connectivity index (χ1n) is 4.62. The van der Waals surface area contributed by atoms with E-state index in [9.17, 15) is 0 Å². The first-order chi connectivity index (χ1) is 6.43. The van der Waals surface area contributed by atoms with Gasteiger partial charge in [0, 0.05) is 16.7 Å². The fourth-order valence-electron chi connectivity index (χ4n) is 0.988. The van der Waals surface area contributed by atoms with Crippen LogP contribution in [0.25, 0.3) is 6.08 Å². The smallest absolute Gasteiger partial charge is 0.0985 e. The Morgan fingerprint density at radius 1 is 1.57 bits per heavy atom. The molecule has 0 aliphatic carbocycles. The minimum atomic E-state index is 0.144. The maximum Gasteiger partial charge on any atom is 0.0985 e. The van der Waals surface area contributed by atoms with Crippen molar-refractivity contribution in [2.24, 2.45) is 0 Å². The van der Waals surface area contributed by atoms with E-state index in [4.69, 9.17) is 11.6 Å². The zero-order valence-electron chi connectivity index (χ0n) is 9.10. The summed E-state index contributed by atoms with van der Waals surface area (Å²) in [7, 11) is 0. The second-order valence-electron chi connectivity index (χ2n) is 4.45. The molecule has 0 bridgehead atoms. The molecule has 0 atom stereocenters. The lowest BCUT2D eigenvalue weighted by molar-refractivity contribution is 0.585. The summed E-state index contributed by atoms with van der Waals surface area (Å²) in [6.07, 6.45) is 2.04. The molecule has 1 nitrogen and oxygen atoms in total. The van der Waals surface area contributed by atoms with E-state index < -0.39 is 0 Å². The predicted octanol–water partition coefficient (Wildman–Crippen LogP) is 4.08. The Kier molecular flexibility index (Phi) is 3.73. The standard InChI is InChI=1S/C11H16ClNS/c1-8(6-12)5-9-7-14-10(13-9)11(2,3)4/h5,7H,6H2,1-4H3. The van der Waals surface area contributed by atoms with Crippen LogP contribution in [0.2, 0.25) is 0 Å². The Morgan fingerprint density at radius 2 is 2.21 bits per heavy atom. The SMILES string of the molecule is CC(=Cc1csc(C(C)(C)C)n1)CCl. The third-order valence-corrected chi connectivity index (χ3v) is 3.48. The van der Waals surface area contributed by atoms with Gasteiger partial charge in [-0.3, -0.25) is 0 Å². The summed E-state index contributed by atoms with van der Waals surface area (Å²) in [5.74, 6) is 0.572. The minimum Gasteiger partial charge on any atom is -0.241 e. The number of alkyl halides is 1. The van der Waals surface area contributed by atoms with Gasteiger partial charge in [-0.1, -0.05) is 26.3 Å². The summed E-state index contributed by atoms with van der Waals surface area (Å²) >= 11 is 7.42. The molecule has 1 aromatic rings. The summed E-state index contributed by atoms with van der Waals surface area (Å²) in [4.78, 5) is 4.55. The summed E-state index contributed by atoms with van der Waals surface area (Å²) < 4.78 is 0. The Balaban J connectivity index is 2.89. The number of hydrogen-bond acceptors (Lipinski definition) is 2. The molecule has 0 aliphatic heterocycles. The molecule has 0 saturated carbocycles. The van der Waals surface area contributed by atoms with Crippen molar-refractivity contribution in [3.05, 3.63) is 21.7 Å². The van der Waals surface area contributed by atoms with E-state index >= 15 is 0 Å². The molecule has 1 heterocycles. The molecular formula is C11H16ClNS. The highest BCUT2D eigenvalue weighted by atomic mass is 35.5. The van der Waals surface area contributed by atoms with Crippen molar-refractivity contribution >= 4 is 29.0 Å². The van der Waals surface area contributed by atoms with Gasteiger partial charge in [0.1, 0.15) is 0 Å². The van der Waals surface area contributed by atoms with Crippen molar-refractivity contribution in [2.45, 2.75) is 33.1 Å².